The molecular weight excluding hydrogens is 482 g/mol. The third-order valence-corrected chi connectivity index (χ3v) is 7.59. The first kappa shape index (κ1) is 30.4. The first-order valence-corrected chi connectivity index (χ1v) is 14.4. The number of methoxy groups -OCH3 is 2. The molecule has 3 rings (SSSR count). The van der Waals surface area contributed by atoms with E-state index in [-0.39, 0.29) is 42.3 Å². The average molecular weight is 532 g/mol. The van der Waals surface area contributed by atoms with Gasteiger partial charge in [-0.2, -0.15) is 0 Å². The van der Waals surface area contributed by atoms with Crippen LogP contribution in [0.1, 0.15) is 69.9 Å². The summed E-state index contributed by atoms with van der Waals surface area (Å²) in [6, 6.07) is 6.36. The molecule has 0 bridgehead atoms. The fourth-order valence-corrected chi connectivity index (χ4v) is 5.44. The van der Waals surface area contributed by atoms with E-state index in [1.165, 1.54) is 5.56 Å². The van der Waals surface area contributed by atoms with Crippen molar-refractivity contribution >= 4 is 11.8 Å². The van der Waals surface area contributed by atoms with E-state index in [9.17, 15) is 14.7 Å². The molecule has 0 radical (unpaired) electrons. The third-order valence-electron chi connectivity index (χ3n) is 7.59. The molecule has 38 heavy (non-hydrogen) atoms. The van der Waals surface area contributed by atoms with Crippen LogP contribution in [0.25, 0.3) is 0 Å². The van der Waals surface area contributed by atoms with Crippen molar-refractivity contribution in [1.29, 1.82) is 0 Å². The number of piperidine rings is 1. The lowest BCUT2D eigenvalue weighted by atomic mass is 9.88. The Hall–Kier alpha value is -2.16. The first-order valence-electron chi connectivity index (χ1n) is 14.4. The zero-order valence-corrected chi connectivity index (χ0v) is 23.8. The average Bonchev–Trinajstić information content (AvgIpc) is 3.76. The SMILES string of the molecule is COCCCCCc1cc(CN(C(=O)[C@H]2CNC[C@@H](C(=O)NC(CO)CC(C)C)C2)C2CC2)cc(OC)c1. The molecule has 8 heteroatoms. The van der Waals surface area contributed by atoms with Crippen LogP contribution in [0.3, 0.4) is 0 Å². The second-order valence-corrected chi connectivity index (χ2v) is 11.5. The molecule has 8 nitrogen and oxygen atoms in total. The number of carbonyl (C=O) groups is 2. The summed E-state index contributed by atoms with van der Waals surface area (Å²) in [5.74, 6) is 0.752. The number of nitrogens with one attached hydrogen (secondary N) is 2. The van der Waals surface area contributed by atoms with Crippen LogP contribution >= 0.6 is 0 Å². The molecule has 3 atom stereocenters. The molecule has 2 fully saturated rings. The molecule has 1 saturated heterocycles. The van der Waals surface area contributed by atoms with Crippen molar-refractivity contribution in [2.75, 3.05) is 40.5 Å². The number of rotatable bonds is 16. The van der Waals surface area contributed by atoms with Crippen LogP contribution in [0.4, 0.5) is 0 Å². The molecule has 3 N–H and O–H groups in total. The van der Waals surface area contributed by atoms with Crippen LogP contribution in [-0.2, 0) is 27.3 Å². The quantitative estimate of drug-likeness (QED) is 0.283. The number of amides is 2. The Kier molecular flexibility index (Phi) is 12.3. The van der Waals surface area contributed by atoms with Gasteiger partial charge in [0, 0.05) is 39.4 Å². The van der Waals surface area contributed by atoms with Gasteiger partial charge in [-0.1, -0.05) is 26.3 Å². The standard InChI is InChI=1S/C30H49N3O5/c1-21(2)12-26(20-34)32-29(35)24-16-25(18-31-17-24)30(36)33(27-9-10-27)19-23-13-22(14-28(15-23)38-4)8-6-5-7-11-37-3/h13-15,21,24-27,31,34H,5-12,16-20H2,1-4H3,(H,32,35)/t24-,25+,26?/m0/s1. The van der Waals surface area contributed by atoms with Gasteiger partial charge < -0.3 is 30.1 Å². The van der Waals surface area contributed by atoms with E-state index in [1.807, 2.05) is 11.0 Å². The monoisotopic (exact) mass is 531 g/mol. The molecule has 0 aromatic heterocycles. The number of aliphatic hydroxyl groups is 1. The maximum absolute atomic E-state index is 13.8. The van der Waals surface area contributed by atoms with E-state index in [0.717, 1.165) is 62.9 Å². The Balaban J connectivity index is 1.63. The number of aryl methyl sites for hydroxylation is 1. The lowest BCUT2D eigenvalue weighted by Gasteiger charge is -2.33. The van der Waals surface area contributed by atoms with Gasteiger partial charge in [0.1, 0.15) is 5.75 Å². The Bertz CT molecular complexity index is 889. The number of aliphatic hydroxyl groups excluding tert-OH is 1. The first-order chi connectivity index (χ1) is 18.3. The van der Waals surface area contributed by atoms with E-state index >= 15 is 0 Å². The summed E-state index contributed by atoms with van der Waals surface area (Å²) in [4.78, 5) is 28.8. The van der Waals surface area contributed by atoms with Crippen LogP contribution < -0.4 is 15.4 Å². The van der Waals surface area contributed by atoms with Crippen molar-refractivity contribution < 1.29 is 24.2 Å². The second-order valence-electron chi connectivity index (χ2n) is 11.5. The van der Waals surface area contributed by atoms with E-state index in [0.29, 0.717) is 32.0 Å². The fraction of sp³-hybridized carbons (Fsp3) is 0.733. The van der Waals surface area contributed by atoms with Gasteiger partial charge >= 0.3 is 0 Å². The summed E-state index contributed by atoms with van der Waals surface area (Å²) < 4.78 is 10.7. The van der Waals surface area contributed by atoms with Crippen molar-refractivity contribution in [3.05, 3.63) is 29.3 Å². The van der Waals surface area contributed by atoms with Crippen molar-refractivity contribution in [3.63, 3.8) is 0 Å². The zero-order chi connectivity index (χ0) is 27.5. The molecule has 1 heterocycles. The van der Waals surface area contributed by atoms with Gasteiger partial charge in [-0.05, 0) is 74.1 Å². The summed E-state index contributed by atoms with van der Waals surface area (Å²) in [6.45, 7) is 6.58. The van der Waals surface area contributed by atoms with Crippen LogP contribution in [0, 0.1) is 17.8 Å². The number of hydrogen-bond donors (Lipinski definition) is 3. The largest absolute Gasteiger partial charge is 0.497 e. The highest BCUT2D eigenvalue weighted by Crippen LogP contribution is 2.32. The van der Waals surface area contributed by atoms with E-state index in [2.05, 4.69) is 36.6 Å². The fourth-order valence-electron chi connectivity index (χ4n) is 5.44. The van der Waals surface area contributed by atoms with Crippen LogP contribution in [0.5, 0.6) is 5.75 Å². The maximum atomic E-state index is 13.8. The zero-order valence-electron chi connectivity index (χ0n) is 23.8. The van der Waals surface area contributed by atoms with Crippen molar-refractivity contribution in [3.8, 4) is 5.75 Å². The molecule has 214 valence electrons. The van der Waals surface area contributed by atoms with Gasteiger partial charge in [0.2, 0.25) is 11.8 Å². The molecule has 0 spiro atoms. The molecule has 1 aromatic rings. The summed E-state index contributed by atoms with van der Waals surface area (Å²) in [5.41, 5.74) is 2.32. The number of hydrogen-bond acceptors (Lipinski definition) is 6. The van der Waals surface area contributed by atoms with Crippen LogP contribution in [-0.4, -0.2) is 74.4 Å². The lowest BCUT2D eigenvalue weighted by Crippen LogP contribution is -2.51. The van der Waals surface area contributed by atoms with Crippen molar-refractivity contribution in [2.45, 2.75) is 83.8 Å². The van der Waals surface area contributed by atoms with Gasteiger partial charge in [-0.3, -0.25) is 9.59 Å². The predicted molar refractivity (Wildman–Crippen MR) is 149 cm³/mol. The number of benzene rings is 1. The molecule has 2 amide bonds. The highest BCUT2D eigenvalue weighted by molar-refractivity contribution is 5.83. The smallest absolute Gasteiger partial charge is 0.227 e. The minimum absolute atomic E-state index is 0.0719. The Labute approximate surface area is 228 Å². The van der Waals surface area contributed by atoms with E-state index < -0.39 is 0 Å². The van der Waals surface area contributed by atoms with Crippen LogP contribution in [0.2, 0.25) is 0 Å². The molecule has 1 saturated carbocycles. The lowest BCUT2D eigenvalue weighted by molar-refractivity contribution is -0.139. The van der Waals surface area contributed by atoms with E-state index in [1.54, 1.807) is 14.2 Å². The Morgan fingerprint density at radius 3 is 2.47 bits per heavy atom. The number of carbonyl (C=O) groups excluding carboxylic acids is 2. The summed E-state index contributed by atoms with van der Waals surface area (Å²) in [5, 5.41) is 16.0. The second kappa shape index (κ2) is 15.4. The third kappa shape index (κ3) is 9.54. The molecule has 1 aromatic carbocycles. The Morgan fingerprint density at radius 2 is 1.82 bits per heavy atom. The van der Waals surface area contributed by atoms with Crippen molar-refractivity contribution in [2.24, 2.45) is 17.8 Å². The molecule has 2 aliphatic rings. The summed E-state index contributed by atoms with van der Waals surface area (Å²) in [6.07, 6.45) is 7.56. The topological polar surface area (TPSA) is 100 Å². The summed E-state index contributed by atoms with van der Waals surface area (Å²) in [7, 11) is 3.42. The number of unbranched alkanes of at least 4 members (excludes halogenated alkanes) is 2. The van der Waals surface area contributed by atoms with E-state index in [4.69, 9.17) is 9.47 Å². The Morgan fingerprint density at radius 1 is 1.08 bits per heavy atom. The maximum Gasteiger partial charge on any atom is 0.227 e. The molecule has 1 aliphatic carbocycles. The molecular formula is C30H49N3O5. The van der Waals surface area contributed by atoms with Gasteiger partial charge in [0.15, 0.2) is 0 Å². The molecule has 1 aliphatic heterocycles. The highest BCUT2D eigenvalue weighted by Gasteiger charge is 2.39. The van der Waals surface area contributed by atoms with Gasteiger partial charge in [-0.15, -0.1) is 0 Å². The minimum atomic E-state index is -0.276. The minimum Gasteiger partial charge on any atom is -0.497 e. The normalized spacial score (nSPS) is 20.3. The predicted octanol–water partition coefficient (Wildman–Crippen LogP) is 3.29. The van der Waals surface area contributed by atoms with Gasteiger partial charge in [-0.25, -0.2) is 0 Å². The highest BCUT2D eigenvalue weighted by atomic mass is 16.5. The van der Waals surface area contributed by atoms with Gasteiger partial charge in [0.05, 0.1) is 31.6 Å². The molecule has 1 unspecified atom stereocenters. The van der Waals surface area contributed by atoms with Gasteiger partial charge in [0.25, 0.3) is 0 Å². The van der Waals surface area contributed by atoms with Crippen molar-refractivity contribution in [1.82, 2.24) is 15.5 Å². The number of ether oxygens (including phenoxy) is 2. The number of nitrogens with zero attached hydrogens (tertiary/aromatic N) is 1. The van der Waals surface area contributed by atoms with Crippen LogP contribution in [0.15, 0.2) is 18.2 Å². The summed E-state index contributed by atoms with van der Waals surface area (Å²) >= 11 is 0.